The molecular weight excluding hydrogens is 314 g/mol. The Hall–Kier alpha value is -1.37. The van der Waals surface area contributed by atoms with Crippen molar-refractivity contribution in [1.82, 2.24) is 0 Å². The minimum absolute atomic E-state index is 0.00716. The third-order valence-electron chi connectivity index (χ3n) is 4.63. The van der Waals surface area contributed by atoms with Gasteiger partial charge in [0.15, 0.2) is 0 Å². The summed E-state index contributed by atoms with van der Waals surface area (Å²) in [6, 6.07) is 7.42. The van der Waals surface area contributed by atoms with Crippen LogP contribution >= 0.6 is 0 Å². The fourth-order valence-corrected chi connectivity index (χ4v) is 5.32. The van der Waals surface area contributed by atoms with Crippen LogP contribution in [0.3, 0.4) is 0 Å². The first kappa shape index (κ1) is 16.5. The number of sulfonamides is 1. The summed E-state index contributed by atoms with van der Waals surface area (Å²) in [7, 11) is -3.62. The molecule has 6 heteroatoms. The minimum Gasteiger partial charge on any atom is -0.249 e. The van der Waals surface area contributed by atoms with Crippen molar-refractivity contribution in [1.29, 1.82) is 0 Å². The monoisotopic (exact) mass is 337 g/mol. The molecular formula is C17H23NO4S. The third kappa shape index (κ3) is 2.69. The summed E-state index contributed by atoms with van der Waals surface area (Å²) < 4.78 is 26.9. The van der Waals surface area contributed by atoms with Gasteiger partial charge in [-0.15, -0.1) is 0 Å². The largest absolute Gasteiger partial charge is 0.263 e. The van der Waals surface area contributed by atoms with Crippen LogP contribution in [0.1, 0.15) is 52.0 Å². The lowest BCUT2D eigenvalue weighted by Gasteiger charge is -2.26. The molecule has 0 fully saturated rings. The van der Waals surface area contributed by atoms with Crippen LogP contribution in [-0.4, -0.2) is 19.9 Å². The topological polar surface area (TPSA) is 66.8 Å². The number of anilines is 1. The second-order valence-corrected chi connectivity index (χ2v) is 9.05. The molecule has 1 aliphatic carbocycles. The number of rotatable bonds is 2. The highest BCUT2D eigenvalue weighted by molar-refractivity contribution is 7.96. The molecule has 23 heavy (non-hydrogen) atoms. The summed E-state index contributed by atoms with van der Waals surface area (Å²) in [5, 5.41) is 9.31. The molecule has 0 aromatic heterocycles. The number of allylic oxidation sites excluding steroid dienone is 1. The zero-order valence-electron chi connectivity index (χ0n) is 13.7. The summed E-state index contributed by atoms with van der Waals surface area (Å²) in [5.41, 5.74) is 2.33. The van der Waals surface area contributed by atoms with Crippen molar-refractivity contribution in [2.24, 2.45) is 0 Å². The summed E-state index contributed by atoms with van der Waals surface area (Å²) in [6.45, 7) is 6.32. The first-order valence-electron chi connectivity index (χ1n) is 7.94. The molecule has 5 nitrogen and oxygen atoms in total. The van der Waals surface area contributed by atoms with Gasteiger partial charge in [0.25, 0.3) is 10.0 Å². The van der Waals surface area contributed by atoms with E-state index in [1.54, 1.807) is 12.1 Å². The molecule has 0 bridgehead atoms. The molecule has 1 aromatic rings. The van der Waals surface area contributed by atoms with Crippen molar-refractivity contribution in [3.63, 3.8) is 0 Å². The molecule has 0 saturated carbocycles. The lowest BCUT2D eigenvalue weighted by Crippen LogP contribution is -2.37. The van der Waals surface area contributed by atoms with Gasteiger partial charge in [-0.3, -0.25) is 0 Å². The van der Waals surface area contributed by atoms with E-state index in [1.165, 1.54) is 4.31 Å². The summed E-state index contributed by atoms with van der Waals surface area (Å²) in [5.74, 6) is 0. The van der Waals surface area contributed by atoms with E-state index in [1.807, 2.05) is 12.1 Å². The molecule has 0 radical (unpaired) electrons. The van der Waals surface area contributed by atoms with E-state index in [0.29, 0.717) is 29.0 Å². The zero-order chi connectivity index (χ0) is 16.8. The first-order valence-corrected chi connectivity index (χ1v) is 9.38. The molecule has 0 amide bonds. The van der Waals surface area contributed by atoms with Crippen LogP contribution in [0.4, 0.5) is 5.69 Å². The average molecular weight is 337 g/mol. The van der Waals surface area contributed by atoms with Crippen LogP contribution in [-0.2, 0) is 20.3 Å². The molecule has 3 rings (SSSR count). The number of hydrogen-bond donors (Lipinski definition) is 1. The number of hydrogen-bond acceptors (Lipinski definition) is 4. The first-order chi connectivity index (χ1) is 10.8. The quantitative estimate of drug-likeness (QED) is 0.659. The fraction of sp³-hybridized carbons (Fsp3) is 0.529. The standard InChI is InChI=1S/C17H23NO4S/c1-17(2,3)12-8-10-13(11-9-12)18-16(22-19)14-6-4-5-7-15(14)23(18,20)21/h8-11,16,19H,4-7H2,1-3H3. The molecule has 1 unspecified atom stereocenters. The highest BCUT2D eigenvalue weighted by Gasteiger charge is 2.46. The molecule has 1 aliphatic heterocycles. The SMILES string of the molecule is CC(C)(C)c1ccc(N2C(OO)C3=C(CCCC3)S2(=O)=O)cc1. The maximum atomic E-state index is 12.9. The lowest BCUT2D eigenvalue weighted by atomic mass is 9.87. The van der Waals surface area contributed by atoms with Gasteiger partial charge in [-0.25, -0.2) is 22.9 Å². The maximum absolute atomic E-state index is 12.9. The van der Waals surface area contributed by atoms with E-state index in [9.17, 15) is 13.7 Å². The molecule has 1 heterocycles. The van der Waals surface area contributed by atoms with E-state index >= 15 is 0 Å². The van der Waals surface area contributed by atoms with Gasteiger partial charge in [0, 0.05) is 0 Å². The molecule has 0 saturated heterocycles. The van der Waals surface area contributed by atoms with Crippen molar-refractivity contribution in [3.05, 3.63) is 40.3 Å². The molecule has 126 valence electrons. The Bertz CT molecular complexity index is 729. The van der Waals surface area contributed by atoms with Crippen molar-refractivity contribution in [2.45, 2.75) is 58.1 Å². The predicted octanol–water partition coefficient (Wildman–Crippen LogP) is 3.78. The average Bonchev–Trinajstić information content (AvgIpc) is 2.74. The molecule has 2 aliphatic rings. The Balaban J connectivity index is 2.02. The van der Waals surface area contributed by atoms with E-state index in [-0.39, 0.29) is 5.41 Å². The van der Waals surface area contributed by atoms with E-state index in [4.69, 9.17) is 0 Å². The van der Waals surface area contributed by atoms with Gasteiger partial charge in [0.1, 0.15) is 0 Å². The van der Waals surface area contributed by atoms with Crippen LogP contribution in [0.2, 0.25) is 0 Å². The van der Waals surface area contributed by atoms with Crippen molar-refractivity contribution >= 4 is 15.7 Å². The van der Waals surface area contributed by atoms with Crippen LogP contribution in [0.5, 0.6) is 0 Å². The minimum atomic E-state index is -3.62. The Labute approximate surface area is 137 Å². The highest BCUT2D eigenvalue weighted by atomic mass is 32.2. The lowest BCUT2D eigenvalue weighted by molar-refractivity contribution is -0.265. The van der Waals surface area contributed by atoms with Gasteiger partial charge in [0.2, 0.25) is 6.23 Å². The number of nitrogens with zero attached hydrogens (tertiary/aromatic N) is 1. The second kappa shape index (κ2) is 5.61. The predicted molar refractivity (Wildman–Crippen MR) is 89.5 cm³/mol. The van der Waals surface area contributed by atoms with E-state index in [2.05, 4.69) is 25.7 Å². The van der Waals surface area contributed by atoms with Crippen molar-refractivity contribution in [2.75, 3.05) is 4.31 Å². The Morgan fingerprint density at radius 2 is 1.74 bits per heavy atom. The third-order valence-corrected chi connectivity index (χ3v) is 6.64. The highest BCUT2D eigenvalue weighted by Crippen LogP contribution is 2.43. The van der Waals surface area contributed by atoms with Crippen LogP contribution in [0.15, 0.2) is 34.7 Å². The maximum Gasteiger partial charge on any atom is 0.263 e. The Morgan fingerprint density at radius 1 is 1.13 bits per heavy atom. The second-order valence-electron chi connectivity index (χ2n) is 7.21. The van der Waals surface area contributed by atoms with E-state index in [0.717, 1.165) is 18.4 Å². The van der Waals surface area contributed by atoms with Crippen molar-refractivity contribution in [3.8, 4) is 0 Å². The summed E-state index contributed by atoms with van der Waals surface area (Å²) in [4.78, 5) is 4.99. The normalized spacial score (nSPS) is 24.0. The van der Waals surface area contributed by atoms with Crippen LogP contribution in [0, 0.1) is 0 Å². The Morgan fingerprint density at radius 3 is 2.30 bits per heavy atom. The molecule has 0 spiro atoms. The van der Waals surface area contributed by atoms with Gasteiger partial charge >= 0.3 is 0 Å². The van der Waals surface area contributed by atoms with Gasteiger partial charge in [0.05, 0.1) is 10.6 Å². The molecule has 1 aromatic carbocycles. The van der Waals surface area contributed by atoms with E-state index < -0.39 is 16.3 Å². The van der Waals surface area contributed by atoms with Gasteiger partial charge in [-0.1, -0.05) is 32.9 Å². The van der Waals surface area contributed by atoms with Gasteiger partial charge in [-0.05, 0) is 54.4 Å². The fourth-order valence-electron chi connectivity index (χ4n) is 3.33. The zero-order valence-corrected chi connectivity index (χ0v) is 14.6. The summed E-state index contributed by atoms with van der Waals surface area (Å²) in [6.07, 6.45) is 2.01. The van der Waals surface area contributed by atoms with Gasteiger partial charge in [-0.2, -0.15) is 0 Å². The summed E-state index contributed by atoms with van der Waals surface area (Å²) >= 11 is 0. The number of benzene rings is 1. The smallest absolute Gasteiger partial charge is 0.249 e. The van der Waals surface area contributed by atoms with Crippen LogP contribution < -0.4 is 4.31 Å². The van der Waals surface area contributed by atoms with Gasteiger partial charge < -0.3 is 0 Å². The molecule has 1 N–H and O–H groups in total. The van der Waals surface area contributed by atoms with Crippen molar-refractivity contribution < 1.29 is 18.6 Å². The Kier molecular flexibility index (Phi) is 4.02. The van der Waals surface area contributed by atoms with Crippen LogP contribution in [0.25, 0.3) is 0 Å². The molecule has 1 atom stereocenters.